The highest BCUT2D eigenvalue weighted by Gasteiger charge is 2.26. The van der Waals surface area contributed by atoms with E-state index >= 15 is 0 Å². The Morgan fingerprint density at radius 3 is 2.67 bits per heavy atom. The van der Waals surface area contributed by atoms with Gasteiger partial charge in [-0.3, -0.25) is 4.98 Å². The Balaban J connectivity index is 2.32. The average molecular weight is 263 g/mol. The lowest BCUT2D eigenvalue weighted by Crippen LogP contribution is -2.36. The second-order valence-electron chi connectivity index (χ2n) is 4.34. The van der Waals surface area contributed by atoms with Crippen LogP contribution in [-0.2, 0) is 5.54 Å². The van der Waals surface area contributed by atoms with Crippen LogP contribution in [0.1, 0.15) is 12.5 Å². The first-order chi connectivity index (χ1) is 8.65. The Bertz CT molecular complexity index is 518. The van der Waals surface area contributed by atoms with Gasteiger partial charge in [-0.2, -0.15) is 0 Å². The van der Waals surface area contributed by atoms with Crippen molar-refractivity contribution in [2.75, 3.05) is 11.9 Å². The van der Waals surface area contributed by atoms with Crippen molar-refractivity contribution in [3.63, 3.8) is 0 Å². The third-order valence-corrected chi connectivity index (χ3v) is 3.23. The maximum absolute atomic E-state index is 9.66. The van der Waals surface area contributed by atoms with E-state index in [1.54, 1.807) is 12.4 Å². The van der Waals surface area contributed by atoms with E-state index in [9.17, 15) is 5.11 Å². The van der Waals surface area contributed by atoms with Crippen molar-refractivity contribution >= 4 is 17.3 Å². The minimum Gasteiger partial charge on any atom is -0.394 e. The fraction of sp³-hybridized carbons (Fsp3) is 0.214. The minimum absolute atomic E-state index is 0.0517. The van der Waals surface area contributed by atoms with Gasteiger partial charge in [0, 0.05) is 12.4 Å². The topological polar surface area (TPSA) is 45.1 Å². The van der Waals surface area contributed by atoms with Crippen LogP contribution in [0.5, 0.6) is 0 Å². The zero-order chi connectivity index (χ0) is 13.0. The van der Waals surface area contributed by atoms with Gasteiger partial charge < -0.3 is 10.4 Å². The summed E-state index contributed by atoms with van der Waals surface area (Å²) in [6.45, 7) is 1.86. The molecule has 1 heterocycles. The fourth-order valence-electron chi connectivity index (χ4n) is 1.75. The highest BCUT2D eigenvalue weighted by molar-refractivity contribution is 6.33. The molecule has 1 atom stereocenters. The monoisotopic (exact) mass is 262 g/mol. The molecular weight excluding hydrogens is 248 g/mol. The smallest absolute Gasteiger partial charge is 0.0843 e. The lowest BCUT2D eigenvalue weighted by molar-refractivity contribution is 0.224. The Morgan fingerprint density at radius 2 is 2.06 bits per heavy atom. The number of nitrogens with one attached hydrogen (secondary N) is 1. The lowest BCUT2D eigenvalue weighted by atomic mass is 9.94. The average Bonchev–Trinajstić information content (AvgIpc) is 2.42. The Hall–Kier alpha value is -1.58. The van der Waals surface area contributed by atoms with E-state index < -0.39 is 5.54 Å². The molecule has 0 fully saturated rings. The molecule has 2 rings (SSSR count). The second kappa shape index (κ2) is 5.38. The molecule has 0 saturated carbocycles. The molecule has 2 aromatic rings. The maximum Gasteiger partial charge on any atom is 0.0843 e. The third-order valence-electron chi connectivity index (χ3n) is 2.90. The molecule has 1 aromatic heterocycles. The molecule has 94 valence electrons. The van der Waals surface area contributed by atoms with Crippen LogP contribution in [0, 0.1) is 0 Å². The highest BCUT2D eigenvalue weighted by Crippen LogP contribution is 2.29. The SMILES string of the molecule is CC(CO)(Nc1ccccc1Cl)c1cccnc1. The predicted molar refractivity (Wildman–Crippen MR) is 73.7 cm³/mol. The molecule has 2 N–H and O–H groups in total. The molecule has 0 aliphatic carbocycles. The molecule has 4 heteroatoms. The van der Waals surface area contributed by atoms with E-state index in [2.05, 4.69) is 10.3 Å². The van der Waals surface area contributed by atoms with Gasteiger partial charge in [-0.25, -0.2) is 0 Å². The summed E-state index contributed by atoms with van der Waals surface area (Å²) in [7, 11) is 0. The molecule has 1 unspecified atom stereocenters. The number of rotatable bonds is 4. The summed E-state index contributed by atoms with van der Waals surface area (Å²) < 4.78 is 0. The van der Waals surface area contributed by atoms with Crippen LogP contribution in [0.15, 0.2) is 48.8 Å². The molecule has 0 aliphatic rings. The molecule has 0 saturated heterocycles. The minimum atomic E-state index is -0.612. The molecule has 0 radical (unpaired) electrons. The van der Waals surface area contributed by atoms with E-state index in [4.69, 9.17) is 11.6 Å². The molecule has 0 amide bonds. The van der Waals surface area contributed by atoms with Gasteiger partial charge in [0.05, 0.1) is 22.9 Å². The van der Waals surface area contributed by atoms with E-state index in [0.717, 1.165) is 11.3 Å². The van der Waals surface area contributed by atoms with Crippen LogP contribution in [0.3, 0.4) is 0 Å². The Morgan fingerprint density at radius 1 is 1.28 bits per heavy atom. The van der Waals surface area contributed by atoms with Crippen molar-refractivity contribution in [1.82, 2.24) is 4.98 Å². The number of benzene rings is 1. The number of nitrogens with zero attached hydrogens (tertiary/aromatic N) is 1. The highest BCUT2D eigenvalue weighted by atomic mass is 35.5. The van der Waals surface area contributed by atoms with Crippen molar-refractivity contribution in [2.24, 2.45) is 0 Å². The van der Waals surface area contributed by atoms with E-state index in [1.165, 1.54) is 0 Å². The summed E-state index contributed by atoms with van der Waals surface area (Å²) in [5.41, 5.74) is 1.09. The quantitative estimate of drug-likeness (QED) is 0.890. The van der Waals surface area contributed by atoms with Crippen LogP contribution < -0.4 is 5.32 Å². The van der Waals surface area contributed by atoms with Gasteiger partial charge in [0.25, 0.3) is 0 Å². The summed E-state index contributed by atoms with van der Waals surface area (Å²) in [4.78, 5) is 4.08. The van der Waals surface area contributed by atoms with Gasteiger partial charge in [0.1, 0.15) is 0 Å². The van der Waals surface area contributed by atoms with Crippen LogP contribution in [0.2, 0.25) is 5.02 Å². The van der Waals surface area contributed by atoms with Gasteiger partial charge in [-0.15, -0.1) is 0 Å². The van der Waals surface area contributed by atoms with Crippen molar-refractivity contribution in [2.45, 2.75) is 12.5 Å². The predicted octanol–water partition coefficient (Wildman–Crippen LogP) is 3.05. The normalized spacial score (nSPS) is 13.9. The lowest BCUT2D eigenvalue weighted by Gasteiger charge is -2.30. The van der Waals surface area contributed by atoms with Crippen molar-refractivity contribution < 1.29 is 5.11 Å². The van der Waals surface area contributed by atoms with Gasteiger partial charge in [0.15, 0.2) is 0 Å². The van der Waals surface area contributed by atoms with Crippen LogP contribution >= 0.6 is 11.6 Å². The largest absolute Gasteiger partial charge is 0.394 e. The second-order valence-corrected chi connectivity index (χ2v) is 4.74. The molecule has 3 nitrogen and oxygen atoms in total. The maximum atomic E-state index is 9.66. The van der Waals surface area contributed by atoms with E-state index in [1.807, 2.05) is 43.3 Å². The van der Waals surface area contributed by atoms with Gasteiger partial charge >= 0.3 is 0 Å². The number of hydrogen-bond acceptors (Lipinski definition) is 3. The van der Waals surface area contributed by atoms with Gasteiger partial charge in [-0.05, 0) is 30.7 Å². The first kappa shape index (κ1) is 12.9. The first-order valence-electron chi connectivity index (χ1n) is 5.70. The van der Waals surface area contributed by atoms with Gasteiger partial charge in [0.2, 0.25) is 0 Å². The summed E-state index contributed by atoms with van der Waals surface area (Å²) in [6.07, 6.45) is 3.44. The molecule has 0 bridgehead atoms. The van der Waals surface area contributed by atoms with Gasteiger partial charge in [-0.1, -0.05) is 29.8 Å². The van der Waals surface area contributed by atoms with E-state index in [0.29, 0.717) is 5.02 Å². The summed E-state index contributed by atoms with van der Waals surface area (Å²) >= 11 is 6.11. The number of aliphatic hydroxyl groups is 1. The summed E-state index contributed by atoms with van der Waals surface area (Å²) in [5, 5.41) is 13.6. The van der Waals surface area contributed by atoms with Crippen molar-refractivity contribution in [3.8, 4) is 0 Å². The molecule has 0 spiro atoms. The molecule has 18 heavy (non-hydrogen) atoms. The van der Waals surface area contributed by atoms with Crippen molar-refractivity contribution in [1.29, 1.82) is 0 Å². The third kappa shape index (κ3) is 2.63. The zero-order valence-electron chi connectivity index (χ0n) is 10.1. The standard InChI is InChI=1S/C14H15ClN2O/c1-14(10-18,11-5-4-8-16-9-11)17-13-7-3-2-6-12(13)15/h2-9,17-18H,10H2,1H3. The van der Waals surface area contributed by atoms with Crippen molar-refractivity contribution in [3.05, 3.63) is 59.4 Å². The number of anilines is 1. The number of hydrogen-bond donors (Lipinski definition) is 2. The van der Waals surface area contributed by atoms with E-state index in [-0.39, 0.29) is 6.61 Å². The fourth-order valence-corrected chi connectivity index (χ4v) is 1.93. The van der Waals surface area contributed by atoms with Crippen LogP contribution in [0.4, 0.5) is 5.69 Å². The Labute approximate surface area is 111 Å². The molecular formula is C14H15ClN2O. The molecule has 1 aromatic carbocycles. The number of halogens is 1. The summed E-state index contributed by atoms with van der Waals surface area (Å²) in [6, 6.07) is 11.2. The zero-order valence-corrected chi connectivity index (χ0v) is 10.9. The first-order valence-corrected chi connectivity index (χ1v) is 6.07. The van der Waals surface area contributed by atoms with Crippen LogP contribution in [0.25, 0.3) is 0 Å². The molecule has 0 aliphatic heterocycles. The number of aliphatic hydroxyl groups excluding tert-OH is 1. The number of pyridine rings is 1. The summed E-state index contributed by atoms with van der Waals surface area (Å²) in [5.74, 6) is 0. The van der Waals surface area contributed by atoms with Crippen LogP contribution in [-0.4, -0.2) is 16.7 Å². The Kier molecular flexibility index (Phi) is 3.84. The number of para-hydroxylation sites is 1. The number of aromatic nitrogens is 1.